The zero-order chi connectivity index (χ0) is 13.8. The molecule has 2 aromatic rings. The molecule has 2 nitrogen and oxygen atoms in total. The Hall–Kier alpha value is -1.19. The Labute approximate surface area is 119 Å². The van der Waals surface area contributed by atoms with E-state index in [9.17, 15) is 0 Å². The third-order valence-corrected chi connectivity index (χ3v) is 4.06. The van der Waals surface area contributed by atoms with Crippen LogP contribution in [0.4, 0.5) is 0 Å². The second-order valence-corrected chi connectivity index (χ2v) is 5.70. The van der Waals surface area contributed by atoms with Gasteiger partial charge >= 0.3 is 0 Å². The number of hydrogen-bond donors (Lipinski definition) is 1. The van der Waals surface area contributed by atoms with Crippen molar-refractivity contribution in [3.05, 3.63) is 53.0 Å². The van der Waals surface area contributed by atoms with E-state index in [1.165, 1.54) is 16.0 Å². The highest BCUT2D eigenvalue weighted by Crippen LogP contribution is 2.21. The first-order chi connectivity index (χ1) is 9.10. The summed E-state index contributed by atoms with van der Waals surface area (Å²) in [5.41, 5.74) is 2.56. The molecule has 3 heteroatoms. The molecule has 0 bridgehead atoms. The van der Waals surface area contributed by atoms with Crippen molar-refractivity contribution in [1.82, 2.24) is 5.32 Å². The number of aryl methyl sites for hydroxylation is 2. The molecule has 1 N–H and O–H groups in total. The molecule has 1 unspecified atom stereocenters. The molecule has 1 aromatic heterocycles. The maximum atomic E-state index is 5.58. The van der Waals surface area contributed by atoms with Crippen molar-refractivity contribution in [2.75, 3.05) is 6.26 Å². The molecule has 0 aliphatic carbocycles. The van der Waals surface area contributed by atoms with E-state index in [0.717, 1.165) is 18.1 Å². The van der Waals surface area contributed by atoms with Crippen LogP contribution < -0.4 is 5.32 Å². The van der Waals surface area contributed by atoms with Crippen molar-refractivity contribution in [2.45, 2.75) is 38.3 Å². The summed E-state index contributed by atoms with van der Waals surface area (Å²) in [5.74, 6) is 1.99. The maximum absolute atomic E-state index is 5.58. The first-order valence-electron chi connectivity index (χ1n) is 6.53. The third kappa shape index (κ3) is 3.64. The third-order valence-electron chi connectivity index (χ3n) is 3.32. The van der Waals surface area contributed by atoms with E-state index >= 15 is 0 Å². The normalized spacial score (nSPS) is 12.6. The molecule has 1 atom stereocenters. The minimum atomic E-state index is 0.303. The van der Waals surface area contributed by atoms with Gasteiger partial charge in [0.2, 0.25) is 0 Å². The fourth-order valence-electron chi connectivity index (χ4n) is 2.20. The lowest BCUT2D eigenvalue weighted by molar-refractivity contribution is 0.489. The number of hydrogen-bond acceptors (Lipinski definition) is 3. The van der Waals surface area contributed by atoms with Crippen molar-refractivity contribution >= 4 is 11.8 Å². The summed E-state index contributed by atoms with van der Waals surface area (Å²) in [4.78, 5) is 1.30. The predicted molar refractivity (Wildman–Crippen MR) is 81.7 cm³/mol. The average molecular weight is 275 g/mol. The van der Waals surface area contributed by atoms with Crippen LogP contribution in [0.1, 0.15) is 35.6 Å². The minimum absolute atomic E-state index is 0.303. The SMILES string of the molecule is CSc1ccc(CNC(C)c2cc(C)oc2C)cc1. The van der Waals surface area contributed by atoms with Crippen LogP contribution in [-0.4, -0.2) is 6.26 Å². The van der Waals surface area contributed by atoms with Gasteiger partial charge in [0.15, 0.2) is 0 Å². The number of rotatable bonds is 5. The first kappa shape index (κ1) is 14.2. The highest BCUT2D eigenvalue weighted by Gasteiger charge is 2.11. The summed E-state index contributed by atoms with van der Waals surface area (Å²) in [6.07, 6.45) is 2.10. The number of thioether (sulfide) groups is 1. The summed E-state index contributed by atoms with van der Waals surface area (Å²) in [6.45, 7) is 7.06. The zero-order valence-electron chi connectivity index (χ0n) is 12.0. The molecule has 1 heterocycles. The molecule has 0 aliphatic heterocycles. The van der Waals surface area contributed by atoms with Crippen molar-refractivity contribution in [3.63, 3.8) is 0 Å². The second kappa shape index (κ2) is 6.31. The highest BCUT2D eigenvalue weighted by molar-refractivity contribution is 7.98. The lowest BCUT2D eigenvalue weighted by atomic mass is 10.1. The van der Waals surface area contributed by atoms with E-state index in [4.69, 9.17) is 4.42 Å². The van der Waals surface area contributed by atoms with E-state index in [2.05, 4.69) is 48.8 Å². The lowest BCUT2D eigenvalue weighted by Crippen LogP contribution is -2.18. The molecule has 0 aliphatic rings. The Morgan fingerprint density at radius 2 is 1.89 bits per heavy atom. The summed E-state index contributed by atoms with van der Waals surface area (Å²) < 4.78 is 5.58. The van der Waals surface area contributed by atoms with Gasteiger partial charge in [-0.2, -0.15) is 0 Å². The standard InChI is InChI=1S/C16H21NOS/c1-11-9-16(13(3)18-11)12(2)17-10-14-5-7-15(19-4)8-6-14/h5-9,12,17H,10H2,1-4H3. The fraction of sp³-hybridized carbons (Fsp3) is 0.375. The van der Waals surface area contributed by atoms with E-state index in [-0.39, 0.29) is 0 Å². The van der Waals surface area contributed by atoms with Crippen LogP contribution >= 0.6 is 11.8 Å². The minimum Gasteiger partial charge on any atom is -0.466 e. The lowest BCUT2D eigenvalue weighted by Gasteiger charge is -2.13. The van der Waals surface area contributed by atoms with Gasteiger partial charge in [0, 0.05) is 23.0 Å². The first-order valence-corrected chi connectivity index (χ1v) is 7.76. The molecule has 1 aromatic carbocycles. The molecule has 0 radical (unpaired) electrons. The summed E-state index contributed by atoms with van der Waals surface area (Å²) in [7, 11) is 0. The second-order valence-electron chi connectivity index (χ2n) is 4.82. The van der Waals surface area contributed by atoms with Gasteiger partial charge in [0.1, 0.15) is 11.5 Å². The van der Waals surface area contributed by atoms with Crippen LogP contribution in [0.15, 0.2) is 39.6 Å². The van der Waals surface area contributed by atoms with Crippen LogP contribution in [0.3, 0.4) is 0 Å². The van der Waals surface area contributed by atoms with Gasteiger partial charge in [0.25, 0.3) is 0 Å². The van der Waals surface area contributed by atoms with Gasteiger partial charge in [-0.25, -0.2) is 0 Å². The van der Waals surface area contributed by atoms with Crippen LogP contribution in [-0.2, 0) is 6.54 Å². The monoisotopic (exact) mass is 275 g/mol. The van der Waals surface area contributed by atoms with Crippen LogP contribution in [0, 0.1) is 13.8 Å². The van der Waals surface area contributed by atoms with Crippen molar-refractivity contribution < 1.29 is 4.42 Å². The van der Waals surface area contributed by atoms with Crippen molar-refractivity contribution in [1.29, 1.82) is 0 Å². The van der Waals surface area contributed by atoms with Crippen LogP contribution in [0.25, 0.3) is 0 Å². The molecule has 0 saturated heterocycles. The number of furan rings is 1. The molecule has 0 saturated carbocycles. The van der Waals surface area contributed by atoms with Gasteiger partial charge in [-0.05, 0) is 50.8 Å². The molecule has 0 fully saturated rings. The number of nitrogens with one attached hydrogen (secondary N) is 1. The Balaban J connectivity index is 1.96. The zero-order valence-corrected chi connectivity index (χ0v) is 12.8. The smallest absolute Gasteiger partial charge is 0.105 e. The maximum Gasteiger partial charge on any atom is 0.105 e. The Bertz CT molecular complexity index is 530. The van der Waals surface area contributed by atoms with Gasteiger partial charge < -0.3 is 9.73 Å². The molecular weight excluding hydrogens is 254 g/mol. The number of benzene rings is 1. The van der Waals surface area contributed by atoms with Gasteiger partial charge in [-0.1, -0.05) is 12.1 Å². The Morgan fingerprint density at radius 3 is 2.42 bits per heavy atom. The van der Waals surface area contributed by atoms with Crippen molar-refractivity contribution in [3.8, 4) is 0 Å². The van der Waals surface area contributed by atoms with E-state index < -0.39 is 0 Å². The predicted octanol–water partition coefficient (Wildman–Crippen LogP) is 4.47. The molecule has 19 heavy (non-hydrogen) atoms. The summed E-state index contributed by atoms with van der Waals surface area (Å²) >= 11 is 1.77. The largest absolute Gasteiger partial charge is 0.466 e. The Kier molecular flexibility index (Phi) is 4.72. The molecular formula is C16H21NOS. The van der Waals surface area contributed by atoms with Gasteiger partial charge in [-0.3, -0.25) is 0 Å². The van der Waals surface area contributed by atoms with E-state index in [1.54, 1.807) is 11.8 Å². The van der Waals surface area contributed by atoms with Crippen LogP contribution in [0.2, 0.25) is 0 Å². The van der Waals surface area contributed by atoms with Crippen molar-refractivity contribution in [2.24, 2.45) is 0 Å². The molecule has 2 rings (SSSR count). The van der Waals surface area contributed by atoms with Gasteiger partial charge in [0.05, 0.1) is 0 Å². The average Bonchev–Trinajstić information content (AvgIpc) is 2.75. The molecule has 0 amide bonds. The molecule has 0 spiro atoms. The summed E-state index contributed by atoms with van der Waals surface area (Å²) in [6, 6.07) is 11.1. The van der Waals surface area contributed by atoms with Gasteiger partial charge in [-0.15, -0.1) is 11.8 Å². The van der Waals surface area contributed by atoms with E-state index in [1.807, 2.05) is 13.8 Å². The van der Waals surface area contributed by atoms with E-state index in [0.29, 0.717) is 6.04 Å². The Morgan fingerprint density at radius 1 is 1.21 bits per heavy atom. The quantitative estimate of drug-likeness (QED) is 0.815. The summed E-state index contributed by atoms with van der Waals surface area (Å²) in [5, 5.41) is 3.54. The fourth-order valence-corrected chi connectivity index (χ4v) is 2.61. The van der Waals surface area contributed by atoms with Crippen LogP contribution in [0.5, 0.6) is 0 Å². The molecule has 102 valence electrons. The topological polar surface area (TPSA) is 25.2 Å². The highest BCUT2D eigenvalue weighted by atomic mass is 32.2.